The number of hydrogen-bond acceptors (Lipinski definition) is 5. The maximum atomic E-state index is 11.8. The molecule has 2 heterocycles. The van der Waals surface area contributed by atoms with Crippen molar-refractivity contribution in [3.05, 3.63) is 0 Å². The monoisotopic (exact) mass is 408 g/mol. The van der Waals surface area contributed by atoms with Gasteiger partial charge in [0.15, 0.2) is 0 Å². The number of nitrogens with one attached hydrogen (secondary N) is 3. The minimum absolute atomic E-state index is 0. The summed E-state index contributed by atoms with van der Waals surface area (Å²) in [5.74, 6) is 0.0131. The molecule has 2 aliphatic heterocycles. The van der Waals surface area contributed by atoms with Crippen LogP contribution in [0.1, 0.15) is 44.9 Å². The number of unbranched alkanes of at least 4 members (excludes halogenated alkanes) is 2. The van der Waals surface area contributed by atoms with Gasteiger partial charge in [0.2, 0.25) is 5.91 Å². The molecule has 0 aromatic heterocycles. The lowest BCUT2D eigenvalue weighted by Crippen LogP contribution is -2.36. The number of hydrogen-bond donors (Lipinski definition) is 5. The van der Waals surface area contributed by atoms with Crippen molar-refractivity contribution in [2.75, 3.05) is 12.3 Å². The van der Waals surface area contributed by atoms with Gasteiger partial charge in [-0.15, -0.1) is 12.4 Å². The Morgan fingerprint density at radius 3 is 2.77 bits per heavy atom. The Morgan fingerprint density at radius 1 is 1.27 bits per heavy atom. The van der Waals surface area contributed by atoms with E-state index < -0.39 is 12.0 Å². The van der Waals surface area contributed by atoms with Crippen molar-refractivity contribution in [1.29, 1.82) is 0 Å². The predicted octanol–water partition coefficient (Wildman–Crippen LogP) is 0.832. The highest BCUT2D eigenvalue weighted by molar-refractivity contribution is 8.00. The topological polar surface area (TPSA) is 134 Å². The van der Waals surface area contributed by atoms with Gasteiger partial charge in [-0.2, -0.15) is 11.8 Å². The van der Waals surface area contributed by atoms with Crippen LogP contribution in [0, 0.1) is 0 Å². The lowest BCUT2D eigenvalue weighted by molar-refractivity contribution is -0.138. The van der Waals surface area contributed by atoms with Crippen molar-refractivity contribution in [2.45, 2.75) is 68.3 Å². The second-order valence-corrected chi connectivity index (χ2v) is 7.93. The van der Waals surface area contributed by atoms with Crippen molar-refractivity contribution >= 4 is 42.1 Å². The quantitative estimate of drug-likeness (QED) is 0.254. The zero-order valence-corrected chi connectivity index (χ0v) is 16.4. The SMILES string of the molecule is Cl.NC(CCCCNC(=O)CCCCC1SCC2NC(=O)NC21)C(=O)O. The van der Waals surface area contributed by atoms with E-state index in [0.717, 1.165) is 31.4 Å². The van der Waals surface area contributed by atoms with E-state index in [1.165, 1.54) is 0 Å². The van der Waals surface area contributed by atoms with Crippen LogP contribution in [0.4, 0.5) is 4.79 Å². The van der Waals surface area contributed by atoms with Gasteiger partial charge in [-0.05, 0) is 32.1 Å². The molecule has 10 heteroatoms. The molecule has 2 fully saturated rings. The summed E-state index contributed by atoms with van der Waals surface area (Å²) in [6.45, 7) is 0.561. The van der Waals surface area contributed by atoms with Crippen molar-refractivity contribution in [1.82, 2.24) is 16.0 Å². The van der Waals surface area contributed by atoms with Crippen LogP contribution in [0.15, 0.2) is 0 Å². The number of carbonyl (C=O) groups excluding carboxylic acids is 2. The Morgan fingerprint density at radius 2 is 2.04 bits per heavy atom. The fourth-order valence-corrected chi connectivity index (χ4v) is 4.75. The smallest absolute Gasteiger partial charge is 0.320 e. The summed E-state index contributed by atoms with van der Waals surface area (Å²) >= 11 is 1.89. The zero-order chi connectivity index (χ0) is 18.2. The number of thioether (sulfide) groups is 1. The minimum atomic E-state index is -0.983. The number of rotatable bonds is 11. The van der Waals surface area contributed by atoms with Crippen LogP contribution in [-0.4, -0.2) is 58.7 Å². The molecule has 26 heavy (non-hydrogen) atoms. The summed E-state index contributed by atoms with van der Waals surface area (Å²) < 4.78 is 0. The minimum Gasteiger partial charge on any atom is -0.480 e. The van der Waals surface area contributed by atoms with E-state index in [1.54, 1.807) is 0 Å². The fraction of sp³-hybridized carbons (Fsp3) is 0.812. The molecule has 2 aliphatic rings. The molecule has 0 saturated carbocycles. The first kappa shape index (κ1) is 22.9. The van der Waals surface area contributed by atoms with E-state index in [2.05, 4.69) is 16.0 Å². The predicted molar refractivity (Wildman–Crippen MR) is 104 cm³/mol. The van der Waals surface area contributed by atoms with Crippen LogP contribution in [-0.2, 0) is 9.59 Å². The van der Waals surface area contributed by atoms with Crippen molar-refractivity contribution < 1.29 is 19.5 Å². The molecule has 4 unspecified atom stereocenters. The molecular weight excluding hydrogens is 380 g/mol. The van der Waals surface area contributed by atoms with Crippen molar-refractivity contribution in [3.63, 3.8) is 0 Å². The Bertz CT molecular complexity index is 497. The van der Waals surface area contributed by atoms with Crippen LogP contribution in [0.5, 0.6) is 0 Å². The molecule has 0 spiro atoms. The van der Waals surface area contributed by atoms with Gasteiger partial charge in [-0.3, -0.25) is 9.59 Å². The number of urea groups is 1. The number of halogens is 1. The number of amides is 3. The number of nitrogens with two attached hydrogens (primary N) is 1. The van der Waals surface area contributed by atoms with E-state index in [4.69, 9.17) is 10.8 Å². The Kier molecular flexibility index (Phi) is 10.1. The molecule has 6 N–H and O–H groups in total. The fourth-order valence-electron chi connectivity index (χ4n) is 3.20. The van der Waals surface area contributed by atoms with Gasteiger partial charge in [0.25, 0.3) is 0 Å². The molecule has 0 aromatic rings. The summed E-state index contributed by atoms with van der Waals surface area (Å²) in [6, 6.07) is -0.406. The molecule has 0 aromatic carbocycles. The van der Waals surface area contributed by atoms with Crippen LogP contribution in [0.3, 0.4) is 0 Å². The van der Waals surface area contributed by atoms with Gasteiger partial charge in [0, 0.05) is 24.0 Å². The van der Waals surface area contributed by atoms with Gasteiger partial charge in [-0.25, -0.2) is 4.79 Å². The average molecular weight is 409 g/mol. The van der Waals surface area contributed by atoms with Gasteiger partial charge in [0.1, 0.15) is 6.04 Å². The second-order valence-electron chi connectivity index (χ2n) is 6.66. The van der Waals surface area contributed by atoms with Crippen LogP contribution in [0.2, 0.25) is 0 Å². The van der Waals surface area contributed by atoms with Gasteiger partial charge >= 0.3 is 12.0 Å². The van der Waals surface area contributed by atoms with E-state index in [1.807, 2.05) is 11.8 Å². The number of carboxylic acids is 1. The molecule has 0 radical (unpaired) electrons. The molecule has 8 nitrogen and oxygen atoms in total. The third-order valence-corrected chi connectivity index (χ3v) is 6.17. The lowest BCUT2D eigenvalue weighted by Gasteiger charge is -2.16. The van der Waals surface area contributed by atoms with Crippen LogP contribution in [0.25, 0.3) is 0 Å². The number of aliphatic carboxylic acids is 1. The van der Waals surface area contributed by atoms with Gasteiger partial charge in [0.05, 0.1) is 12.1 Å². The Hall–Kier alpha value is -1.19. The largest absolute Gasteiger partial charge is 0.480 e. The van der Waals surface area contributed by atoms with Crippen LogP contribution < -0.4 is 21.7 Å². The van der Waals surface area contributed by atoms with E-state index in [9.17, 15) is 14.4 Å². The van der Waals surface area contributed by atoms with Gasteiger partial charge < -0.3 is 26.8 Å². The molecular formula is C16H29ClN4O4S. The highest BCUT2D eigenvalue weighted by Crippen LogP contribution is 2.33. The highest BCUT2D eigenvalue weighted by Gasteiger charge is 2.42. The highest BCUT2D eigenvalue weighted by atomic mass is 35.5. The van der Waals surface area contributed by atoms with E-state index >= 15 is 0 Å². The summed E-state index contributed by atoms with van der Waals surface area (Å²) in [6.07, 6.45) is 5.18. The first-order valence-electron chi connectivity index (χ1n) is 8.91. The third kappa shape index (κ3) is 7.20. The first-order valence-corrected chi connectivity index (χ1v) is 9.96. The standard InChI is InChI=1S/C16H28N4O4S.ClH/c17-10(15(22)23)5-3-4-8-18-13(21)7-2-1-6-12-14-11(9-25-12)19-16(24)20-14;/h10-12,14H,1-9,17H2,(H,18,21)(H,22,23)(H2,19,20,24);1H. The maximum Gasteiger partial charge on any atom is 0.320 e. The van der Waals surface area contributed by atoms with Crippen molar-refractivity contribution in [2.24, 2.45) is 5.73 Å². The summed E-state index contributed by atoms with van der Waals surface area (Å²) in [5.41, 5.74) is 5.42. The molecule has 0 aliphatic carbocycles. The normalized spacial score (nSPS) is 24.8. The number of carboxylic acid groups (broad SMARTS) is 1. The molecule has 2 rings (SSSR count). The zero-order valence-electron chi connectivity index (χ0n) is 14.7. The summed E-state index contributed by atoms with van der Waals surface area (Å²) in [7, 11) is 0. The Balaban J connectivity index is 0.00000338. The first-order chi connectivity index (χ1) is 12.0. The Labute approximate surface area is 164 Å². The average Bonchev–Trinajstić information content (AvgIpc) is 3.10. The molecule has 150 valence electrons. The molecule has 3 amide bonds. The lowest BCUT2D eigenvalue weighted by atomic mass is 10.0. The molecule has 2 saturated heterocycles. The molecule has 4 atom stereocenters. The maximum absolute atomic E-state index is 11.8. The molecule has 0 bridgehead atoms. The summed E-state index contributed by atoms with van der Waals surface area (Å²) in [5, 5.41) is 17.9. The third-order valence-electron chi connectivity index (χ3n) is 4.66. The summed E-state index contributed by atoms with van der Waals surface area (Å²) in [4.78, 5) is 33.7. The van der Waals surface area contributed by atoms with E-state index in [-0.39, 0.29) is 36.4 Å². The number of carbonyl (C=O) groups is 3. The van der Waals surface area contributed by atoms with Gasteiger partial charge in [-0.1, -0.05) is 6.42 Å². The number of fused-ring (bicyclic) bond motifs is 1. The van der Waals surface area contributed by atoms with E-state index in [0.29, 0.717) is 31.1 Å². The van der Waals surface area contributed by atoms with Crippen molar-refractivity contribution in [3.8, 4) is 0 Å². The van der Waals surface area contributed by atoms with Crippen LogP contribution >= 0.6 is 24.2 Å². The second kappa shape index (κ2) is 11.5.